The zero-order valence-corrected chi connectivity index (χ0v) is 20.1. The fourth-order valence-corrected chi connectivity index (χ4v) is 3.98. The van der Waals surface area contributed by atoms with E-state index in [1.54, 1.807) is 22.7 Å². The van der Waals surface area contributed by atoms with Crippen LogP contribution in [0.2, 0.25) is 10.2 Å². The van der Waals surface area contributed by atoms with Gasteiger partial charge in [0, 0.05) is 34.8 Å². The highest BCUT2D eigenvalue weighted by molar-refractivity contribution is 6.31. The molecule has 1 amide bonds. The molecule has 6 nitrogen and oxygen atoms in total. The van der Waals surface area contributed by atoms with E-state index in [2.05, 4.69) is 15.1 Å². The molecule has 168 valence electrons. The molecule has 0 aliphatic rings. The molecule has 0 saturated heterocycles. The van der Waals surface area contributed by atoms with Gasteiger partial charge in [0.2, 0.25) is 5.91 Å². The summed E-state index contributed by atoms with van der Waals surface area (Å²) in [5.41, 5.74) is 4.24. The fraction of sp³-hybridized carbons (Fsp3) is 0.200. The highest BCUT2D eigenvalue weighted by Crippen LogP contribution is 2.23. The Morgan fingerprint density at radius 1 is 1.03 bits per heavy atom. The molecular formula is C25H23Cl2N5O. The first-order chi connectivity index (χ1) is 15.8. The molecule has 0 fully saturated rings. The van der Waals surface area contributed by atoms with Crippen LogP contribution in [0.4, 0.5) is 0 Å². The lowest BCUT2D eigenvalue weighted by molar-refractivity contribution is -0.125. The molecule has 4 rings (SSSR count). The normalized spacial score (nSPS) is 11.4. The van der Waals surface area contributed by atoms with Crippen LogP contribution in [0, 0.1) is 13.8 Å². The molecule has 0 aliphatic heterocycles. The van der Waals surface area contributed by atoms with Crippen molar-refractivity contribution in [1.29, 1.82) is 0 Å². The van der Waals surface area contributed by atoms with E-state index in [1.807, 2.05) is 62.4 Å². The number of amides is 1. The van der Waals surface area contributed by atoms with Gasteiger partial charge in [-0.3, -0.25) is 4.79 Å². The average molecular weight is 480 g/mol. The maximum absolute atomic E-state index is 12.7. The Balaban J connectivity index is 1.47. The van der Waals surface area contributed by atoms with Crippen LogP contribution in [-0.2, 0) is 17.9 Å². The number of halogens is 2. The highest BCUT2D eigenvalue weighted by atomic mass is 35.5. The number of hydrogen-bond donors (Lipinski definition) is 0. The van der Waals surface area contributed by atoms with Crippen LogP contribution in [0.5, 0.6) is 0 Å². The zero-order valence-electron chi connectivity index (χ0n) is 18.6. The van der Waals surface area contributed by atoms with Gasteiger partial charge >= 0.3 is 0 Å². The molecule has 0 saturated carbocycles. The summed E-state index contributed by atoms with van der Waals surface area (Å²) in [4.78, 5) is 23.4. The van der Waals surface area contributed by atoms with Crippen LogP contribution >= 0.6 is 23.2 Å². The number of hydrogen-bond acceptors (Lipinski definition) is 4. The van der Waals surface area contributed by atoms with Gasteiger partial charge in [-0.15, -0.1) is 0 Å². The minimum Gasteiger partial charge on any atom is -0.335 e. The molecule has 0 N–H and O–H groups in total. The fourth-order valence-electron chi connectivity index (χ4n) is 3.56. The van der Waals surface area contributed by atoms with Crippen molar-refractivity contribution in [3.05, 3.63) is 93.1 Å². The van der Waals surface area contributed by atoms with Crippen molar-refractivity contribution in [3.63, 3.8) is 0 Å². The molecule has 2 aromatic heterocycles. The number of fused-ring (bicyclic) bond motifs is 1. The summed E-state index contributed by atoms with van der Waals surface area (Å²) in [7, 11) is 1.72. The van der Waals surface area contributed by atoms with Crippen molar-refractivity contribution in [2.45, 2.75) is 26.9 Å². The largest absolute Gasteiger partial charge is 0.335 e. The Morgan fingerprint density at radius 3 is 2.52 bits per heavy atom. The van der Waals surface area contributed by atoms with E-state index in [9.17, 15) is 4.79 Å². The van der Waals surface area contributed by atoms with Crippen LogP contribution in [0.15, 0.2) is 54.6 Å². The highest BCUT2D eigenvalue weighted by Gasteiger charge is 2.14. The summed E-state index contributed by atoms with van der Waals surface area (Å²) in [5, 5.41) is 6.68. The first-order valence-electron chi connectivity index (χ1n) is 10.4. The second-order valence-electron chi connectivity index (χ2n) is 7.84. The van der Waals surface area contributed by atoms with Gasteiger partial charge in [-0.1, -0.05) is 53.5 Å². The predicted octanol–water partition coefficient (Wildman–Crippen LogP) is 5.47. The van der Waals surface area contributed by atoms with Crippen LogP contribution in [0.1, 0.15) is 28.3 Å². The molecule has 0 aliphatic carbocycles. The first kappa shape index (κ1) is 23.0. The number of rotatable bonds is 6. The lowest BCUT2D eigenvalue weighted by Crippen LogP contribution is -2.25. The van der Waals surface area contributed by atoms with Gasteiger partial charge in [0.05, 0.1) is 24.3 Å². The Morgan fingerprint density at radius 2 is 1.76 bits per heavy atom. The van der Waals surface area contributed by atoms with Crippen molar-refractivity contribution in [3.8, 4) is 0 Å². The van der Waals surface area contributed by atoms with Gasteiger partial charge in [-0.05, 0) is 43.7 Å². The van der Waals surface area contributed by atoms with E-state index < -0.39 is 0 Å². The van der Waals surface area contributed by atoms with Gasteiger partial charge in [-0.2, -0.15) is 5.10 Å². The van der Waals surface area contributed by atoms with Crippen molar-refractivity contribution >= 4 is 46.1 Å². The zero-order chi connectivity index (χ0) is 23.5. The van der Waals surface area contributed by atoms with E-state index in [-0.39, 0.29) is 5.91 Å². The minimum absolute atomic E-state index is 0.176. The third-order valence-electron chi connectivity index (χ3n) is 5.34. The summed E-state index contributed by atoms with van der Waals surface area (Å²) in [6, 6.07) is 15.4. The molecule has 4 aromatic rings. The summed E-state index contributed by atoms with van der Waals surface area (Å²) >= 11 is 12.5. The monoisotopic (exact) mass is 479 g/mol. The van der Waals surface area contributed by atoms with Gasteiger partial charge in [0.1, 0.15) is 11.0 Å². The van der Waals surface area contributed by atoms with Crippen LogP contribution in [-0.4, -0.2) is 37.6 Å². The second-order valence-corrected chi connectivity index (χ2v) is 8.64. The number of carbonyl (C=O) groups excluding carboxylic acids is 1. The first-order valence-corrected chi connectivity index (χ1v) is 11.2. The molecule has 0 atom stereocenters. The average Bonchev–Trinajstić information content (AvgIpc) is 3.06. The molecular weight excluding hydrogens is 457 g/mol. The molecule has 2 aromatic carbocycles. The van der Waals surface area contributed by atoms with Crippen molar-refractivity contribution < 1.29 is 4.79 Å². The summed E-state index contributed by atoms with van der Waals surface area (Å²) in [6.45, 7) is 4.63. The van der Waals surface area contributed by atoms with Crippen LogP contribution in [0.3, 0.4) is 0 Å². The molecule has 8 heteroatoms. The van der Waals surface area contributed by atoms with E-state index in [1.165, 1.54) is 6.08 Å². The van der Waals surface area contributed by atoms with Gasteiger partial charge < -0.3 is 4.90 Å². The van der Waals surface area contributed by atoms with Crippen LogP contribution < -0.4 is 0 Å². The van der Waals surface area contributed by atoms with Crippen molar-refractivity contribution in [2.75, 3.05) is 7.05 Å². The lowest BCUT2D eigenvalue weighted by Gasteiger charge is -2.15. The number of carbonyl (C=O) groups is 1. The molecule has 0 bridgehead atoms. The quantitative estimate of drug-likeness (QED) is 0.344. The summed E-state index contributed by atoms with van der Waals surface area (Å²) < 4.78 is 1.71. The lowest BCUT2D eigenvalue weighted by atomic mass is 10.2. The predicted molar refractivity (Wildman–Crippen MR) is 132 cm³/mol. The van der Waals surface area contributed by atoms with Gasteiger partial charge in [-0.25, -0.2) is 14.6 Å². The third kappa shape index (κ3) is 5.24. The van der Waals surface area contributed by atoms with Crippen molar-refractivity contribution in [2.24, 2.45) is 0 Å². The Kier molecular flexibility index (Phi) is 6.77. The van der Waals surface area contributed by atoms with Gasteiger partial charge in [0.25, 0.3) is 0 Å². The van der Waals surface area contributed by atoms with Gasteiger partial charge in [0.15, 0.2) is 0 Å². The van der Waals surface area contributed by atoms with Crippen molar-refractivity contribution in [1.82, 2.24) is 24.6 Å². The second kappa shape index (κ2) is 9.73. The summed E-state index contributed by atoms with van der Waals surface area (Å²) in [6.07, 6.45) is 3.20. The summed E-state index contributed by atoms with van der Waals surface area (Å²) in [5.74, 6) is 0.422. The standard InChI is InChI=1S/C25H23Cl2N5O/c1-16-20-6-4-5-7-22(20)29-23(28-16)15-31(3)24(33)13-12-21-17(2)30-32(25(21)27)14-18-8-10-19(26)11-9-18/h4-13H,14-15H2,1-3H3/b13-12+. The number of nitrogens with zero attached hydrogens (tertiary/aromatic N) is 5. The molecule has 33 heavy (non-hydrogen) atoms. The third-order valence-corrected chi connectivity index (χ3v) is 5.99. The van der Waals surface area contributed by atoms with E-state index in [0.717, 1.165) is 27.9 Å². The topological polar surface area (TPSA) is 63.9 Å². The van der Waals surface area contributed by atoms with E-state index >= 15 is 0 Å². The maximum atomic E-state index is 12.7. The van der Waals surface area contributed by atoms with E-state index in [4.69, 9.17) is 23.2 Å². The number of likely N-dealkylation sites (N-methyl/N-ethyl adjacent to an activating group) is 1. The number of benzene rings is 2. The van der Waals surface area contributed by atoms with Crippen LogP contribution in [0.25, 0.3) is 17.0 Å². The molecule has 0 spiro atoms. The maximum Gasteiger partial charge on any atom is 0.246 e. The SMILES string of the molecule is Cc1nn(Cc2ccc(Cl)cc2)c(Cl)c1/C=C/C(=O)N(C)Cc1nc(C)c2ccccc2n1. The molecule has 2 heterocycles. The minimum atomic E-state index is -0.176. The Hall–Kier alpha value is -3.22. The molecule has 0 radical (unpaired) electrons. The smallest absolute Gasteiger partial charge is 0.246 e. The Bertz CT molecular complexity index is 1350. The number of aromatic nitrogens is 4. The van der Waals surface area contributed by atoms with E-state index in [0.29, 0.717) is 34.7 Å². The number of para-hydroxylation sites is 1. The Labute approximate surface area is 202 Å². The molecule has 0 unspecified atom stereocenters. The number of aryl methyl sites for hydroxylation is 2.